The van der Waals surface area contributed by atoms with Crippen molar-refractivity contribution in [2.75, 3.05) is 19.5 Å². The Labute approximate surface area is 139 Å². The lowest BCUT2D eigenvalue weighted by atomic mass is 9.89. The summed E-state index contributed by atoms with van der Waals surface area (Å²) >= 11 is 0. The molecule has 132 valence electrons. The first-order chi connectivity index (χ1) is 10.9. The topological polar surface area (TPSA) is 52.6 Å². The lowest BCUT2D eigenvalue weighted by molar-refractivity contribution is -0.00692. The summed E-state index contributed by atoms with van der Waals surface area (Å²) in [6, 6.07) is 6.40. The first-order valence-electron chi connectivity index (χ1n) is 8.08. The molecule has 0 saturated heterocycles. The predicted molar refractivity (Wildman–Crippen MR) is 89.2 cm³/mol. The van der Waals surface area contributed by atoms with Gasteiger partial charge in [0.05, 0.1) is 25.6 Å². The summed E-state index contributed by atoms with van der Waals surface area (Å²) < 4.78 is 46.1. The van der Waals surface area contributed by atoms with Gasteiger partial charge < -0.3 is 4.74 Å². The van der Waals surface area contributed by atoms with Crippen LogP contribution in [0.25, 0.3) is 0 Å². The van der Waals surface area contributed by atoms with Crippen molar-refractivity contribution < 1.29 is 21.7 Å². The number of hydrogen-bond acceptors (Lipinski definition) is 4. The maximum atomic E-state index is 13.5. The Kier molecular flexibility index (Phi) is 8.73. The third-order valence-corrected chi connectivity index (χ3v) is 4.33. The van der Waals surface area contributed by atoms with E-state index in [4.69, 9.17) is 8.92 Å². The Morgan fingerprint density at radius 2 is 1.96 bits per heavy atom. The highest BCUT2D eigenvalue weighted by Gasteiger charge is 2.23. The Hall–Kier alpha value is -0.980. The molecule has 1 aromatic rings. The molecular weight excluding hydrogens is 319 g/mol. The van der Waals surface area contributed by atoms with E-state index in [-0.39, 0.29) is 31.1 Å². The molecule has 2 atom stereocenters. The largest absolute Gasteiger partial charge is 0.371 e. The van der Waals surface area contributed by atoms with E-state index in [1.54, 1.807) is 6.07 Å². The number of benzene rings is 1. The Balaban J connectivity index is 2.79. The van der Waals surface area contributed by atoms with Gasteiger partial charge in [-0.1, -0.05) is 45.2 Å². The molecule has 4 nitrogen and oxygen atoms in total. The minimum atomic E-state index is -3.47. The zero-order chi connectivity index (χ0) is 17.3. The summed E-state index contributed by atoms with van der Waals surface area (Å²) in [6.07, 6.45) is 4.81. The number of hydrogen-bond donors (Lipinski definition) is 0. The van der Waals surface area contributed by atoms with Crippen LogP contribution in [-0.4, -0.2) is 27.9 Å². The molecule has 0 spiro atoms. The Bertz CT molecular complexity index is 559. The monoisotopic (exact) mass is 346 g/mol. The smallest absolute Gasteiger partial charge is 0.264 e. The van der Waals surface area contributed by atoms with Crippen molar-refractivity contribution in [3.8, 4) is 0 Å². The van der Waals surface area contributed by atoms with Crippen molar-refractivity contribution in [1.82, 2.24) is 0 Å². The third-order valence-electron chi connectivity index (χ3n) is 3.74. The second kappa shape index (κ2) is 10.0. The van der Waals surface area contributed by atoms with Gasteiger partial charge in [-0.2, -0.15) is 8.42 Å². The van der Waals surface area contributed by atoms with Crippen molar-refractivity contribution in [2.45, 2.75) is 45.6 Å². The molecule has 0 aromatic heterocycles. The van der Waals surface area contributed by atoms with Crippen molar-refractivity contribution in [2.24, 2.45) is 5.92 Å². The normalized spacial score (nSPS) is 14.6. The van der Waals surface area contributed by atoms with Crippen LogP contribution in [-0.2, 0) is 19.0 Å². The third kappa shape index (κ3) is 7.90. The molecule has 0 bridgehead atoms. The van der Waals surface area contributed by atoms with E-state index in [1.807, 2.05) is 6.07 Å². The van der Waals surface area contributed by atoms with Crippen molar-refractivity contribution in [3.05, 3.63) is 35.6 Å². The Morgan fingerprint density at radius 1 is 1.22 bits per heavy atom. The molecule has 23 heavy (non-hydrogen) atoms. The van der Waals surface area contributed by atoms with Gasteiger partial charge in [0.15, 0.2) is 0 Å². The molecule has 0 radical (unpaired) electrons. The lowest BCUT2D eigenvalue weighted by Crippen LogP contribution is -2.19. The van der Waals surface area contributed by atoms with Crippen LogP contribution in [0.1, 0.15) is 51.2 Å². The number of ether oxygens (including phenoxy) is 1. The molecule has 0 aliphatic carbocycles. The van der Waals surface area contributed by atoms with E-state index < -0.39 is 10.1 Å². The predicted octanol–water partition coefficient (Wildman–Crippen LogP) is 4.08. The standard InChI is InChI=1S/C17H27FO4S/c1-4-6-8-14(5-2)17(15-9-7-10-16(18)13-15)21-11-12-22-23(3,19)20/h7,9-10,13-14,17H,4-6,8,11-12H2,1-3H3/t14-,17+/m0/s1. The fourth-order valence-electron chi connectivity index (χ4n) is 2.58. The molecule has 0 unspecified atom stereocenters. The quantitative estimate of drug-likeness (QED) is 0.447. The summed E-state index contributed by atoms with van der Waals surface area (Å²) in [6.45, 7) is 4.33. The first kappa shape index (κ1) is 20.1. The zero-order valence-corrected chi connectivity index (χ0v) is 14.9. The van der Waals surface area contributed by atoms with Gasteiger partial charge in [-0.3, -0.25) is 4.18 Å². The van der Waals surface area contributed by atoms with Crippen molar-refractivity contribution in [3.63, 3.8) is 0 Å². The summed E-state index contributed by atoms with van der Waals surface area (Å²) in [5.41, 5.74) is 0.785. The van der Waals surface area contributed by atoms with Crippen LogP contribution in [0.15, 0.2) is 24.3 Å². The maximum Gasteiger partial charge on any atom is 0.264 e. The lowest BCUT2D eigenvalue weighted by Gasteiger charge is -2.27. The van der Waals surface area contributed by atoms with Crippen molar-refractivity contribution in [1.29, 1.82) is 0 Å². The average Bonchev–Trinajstić information content (AvgIpc) is 2.48. The molecule has 0 saturated carbocycles. The molecule has 0 amide bonds. The van der Waals surface area contributed by atoms with Gasteiger partial charge in [0.2, 0.25) is 0 Å². The fraction of sp³-hybridized carbons (Fsp3) is 0.647. The van der Waals surface area contributed by atoms with Crippen LogP contribution in [0, 0.1) is 11.7 Å². The maximum absolute atomic E-state index is 13.5. The van der Waals surface area contributed by atoms with Crippen LogP contribution >= 0.6 is 0 Å². The van der Waals surface area contributed by atoms with Crippen LogP contribution in [0.2, 0.25) is 0 Å². The second-order valence-corrected chi connectivity index (χ2v) is 7.33. The molecule has 0 N–H and O–H groups in total. The van der Waals surface area contributed by atoms with E-state index >= 15 is 0 Å². The van der Waals surface area contributed by atoms with E-state index in [2.05, 4.69) is 13.8 Å². The molecule has 0 fully saturated rings. The van der Waals surface area contributed by atoms with Crippen LogP contribution < -0.4 is 0 Å². The van der Waals surface area contributed by atoms with E-state index in [9.17, 15) is 12.8 Å². The fourth-order valence-corrected chi connectivity index (χ4v) is 2.96. The second-order valence-electron chi connectivity index (χ2n) is 5.68. The van der Waals surface area contributed by atoms with Gasteiger partial charge >= 0.3 is 0 Å². The van der Waals surface area contributed by atoms with Gasteiger partial charge in [-0.05, 0) is 30.0 Å². The van der Waals surface area contributed by atoms with Crippen LogP contribution in [0.4, 0.5) is 4.39 Å². The highest BCUT2D eigenvalue weighted by atomic mass is 32.2. The molecular formula is C17H27FO4S. The number of unbranched alkanes of at least 4 members (excludes halogenated alkanes) is 1. The average molecular weight is 346 g/mol. The van der Waals surface area contributed by atoms with Gasteiger partial charge in [0.1, 0.15) is 5.82 Å². The zero-order valence-electron chi connectivity index (χ0n) is 14.1. The van der Waals surface area contributed by atoms with E-state index in [0.717, 1.165) is 37.5 Å². The molecule has 0 aliphatic heterocycles. The first-order valence-corrected chi connectivity index (χ1v) is 9.90. The highest BCUT2D eigenvalue weighted by Crippen LogP contribution is 2.32. The van der Waals surface area contributed by atoms with Crippen LogP contribution in [0.5, 0.6) is 0 Å². The van der Waals surface area contributed by atoms with Crippen LogP contribution in [0.3, 0.4) is 0 Å². The Morgan fingerprint density at radius 3 is 2.52 bits per heavy atom. The van der Waals surface area contributed by atoms with E-state index in [1.165, 1.54) is 12.1 Å². The molecule has 0 heterocycles. The molecule has 1 rings (SSSR count). The summed E-state index contributed by atoms with van der Waals surface area (Å²) in [7, 11) is -3.47. The van der Waals surface area contributed by atoms with Crippen molar-refractivity contribution >= 4 is 10.1 Å². The van der Waals surface area contributed by atoms with Gasteiger partial charge in [-0.25, -0.2) is 4.39 Å². The minimum Gasteiger partial charge on any atom is -0.371 e. The summed E-state index contributed by atoms with van der Waals surface area (Å²) in [5.74, 6) is -0.0381. The molecule has 6 heteroatoms. The number of halogens is 1. The van der Waals surface area contributed by atoms with Gasteiger partial charge in [0.25, 0.3) is 10.1 Å². The number of rotatable bonds is 11. The van der Waals surface area contributed by atoms with E-state index in [0.29, 0.717) is 0 Å². The highest BCUT2D eigenvalue weighted by molar-refractivity contribution is 7.85. The summed E-state index contributed by atoms with van der Waals surface area (Å²) in [4.78, 5) is 0. The SMILES string of the molecule is CCCC[C@H](CC)[C@@H](OCCOS(C)(=O)=O)c1cccc(F)c1. The molecule has 0 aliphatic rings. The van der Waals surface area contributed by atoms with Gasteiger partial charge in [-0.15, -0.1) is 0 Å². The minimum absolute atomic E-state index is 0.0329. The van der Waals surface area contributed by atoms with Gasteiger partial charge in [0, 0.05) is 0 Å². The molecule has 1 aromatic carbocycles. The summed E-state index contributed by atoms with van der Waals surface area (Å²) in [5, 5.41) is 0.